The molecule has 0 amide bonds. The SMILES string of the molecule is CCCCCCCCCC/C=C\CCCCCCCCCCCCCCCCCCCCCCCCCC(=O)OC(CO)COC(=O)CCCCCCCCCCCCCCCCCC. The summed E-state index contributed by atoms with van der Waals surface area (Å²) in [6.07, 6.45) is 70.7. The number of rotatable bonds is 56. The summed E-state index contributed by atoms with van der Waals surface area (Å²) in [6, 6.07) is 0. The van der Waals surface area contributed by atoms with Crippen LogP contribution in [-0.2, 0) is 19.1 Å². The molecule has 0 bridgehead atoms. The van der Waals surface area contributed by atoms with Crippen molar-refractivity contribution in [1.82, 2.24) is 0 Å². The maximum atomic E-state index is 12.3. The molecule has 1 N–H and O–H groups in total. The highest BCUT2D eigenvalue weighted by molar-refractivity contribution is 5.70. The number of unbranched alkanes of at least 4 members (excludes halogenated alkanes) is 46. The van der Waals surface area contributed by atoms with Gasteiger partial charge in [0.1, 0.15) is 6.61 Å². The number of carbonyl (C=O) groups excluding carboxylic acids is 2. The monoisotopic (exact) mass is 917 g/mol. The summed E-state index contributed by atoms with van der Waals surface area (Å²) >= 11 is 0. The van der Waals surface area contributed by atoms with Crippen LogP contribution in [0.2, 0.25) is 0 Å². The third-order valence-corrected chi connectivity index (χ3v) is 13.8. The Morgan fingerprint density at radius 2 is 0.569 bits per heavy atom. The van der Waals surface area contributed by atoms with Crippen molar-refractivity contribution in [3.63, 3.8) is 0 Å². The summed E-state index contributed by atoms with van der Waals surface area (Å²) in [7, 11) is 0. The van der Waals surface area contributed by atoms with Gasteiger partial charge in [0.25, 0.3) is 0 Å². The molecule has 0 heterocycles. The highest BCUT2D eigenvalue weighted by atomic mass is 16.6. The average molecular weight is 918 g/mol. The van der Waals surface area contributed by atoms with Gasteiger partial charge in [-0.15, -0.1) is 0 Å². The highest BCUT2D eigenvalue weighted by Crippen LogP contribution is 2.18. The molecule has 5 nitrogen and oxygen atoms in total. The smallest absolute Gasteiger partial charge is 0.306 e. The standard InChI is InChI=1S/C60H116O5/c1-3-5-7-9-11-13-15-17-19-21-22-23-24-25-26-27-28-29-30-31-32-33-34-35-36-37-38-39-41-43-45-47-49-51-53-55-60(63)65-58(56-61)57-64-59(62)54-52-50-48-46-44-42-40-20-18-16-14-12-10-8-6-4-2/h21-22,58,61H,3-20,23-57H2,1-2H3/b22-21-. The van der Waals surface area contributed by atoms with E-state index in [0.29, 0.717) is 12.8 Å². The first-order valence-corrected chi connectivity index (χ1v) is 29.7. The van der Waals surface area contributed by atoms with E-state index in [4.69, 9.17) is 9.47 Å². The van der Waals surface area contributed by atoms with Gasteiger partial charge in [0, 0.05) is 12.8 Å². The van der Waals surface area contributed by atoms with E-state index in [2.05, 4.69) is 26.0 Å². The lowest BCUT2D eigenvalue weighted by molar-refractivity contribution is -0.161. The molecular weight excluding hydrogens is 801 g/mol. The Bertz CT molecular complexity index is 948. The van der Waals surface area contributed by atoms with Crippen LogP contribution in [0, 0.1) is 0 Å². The van der Waals surface area contributed by atoms with Crippen molar-refractivity contribution in [2.24, 2.45) is 0 Å². The Morgan fingerprint density at radius 3 is 0.831 bits per heavy atom. The largest absolute Gasteiger partial charge is 0.462 e. The van der Waals surface area contributed by atoms with E-state index in [-0.39, 0.29) is 25.2 Å². The van der Waals surface area contributed by atoms with Gasteiger partial charge in [0.15, 0.2) is 6.10 Å². The van der Waals surface area contributed by atoms with E-state index >= 15 is 0 Å². The van der Waals surface area contributed by atoms with Gasteiger partial charge in [-0.3, -0.25) is 9.59 Å². The van der Waals surface area contributed by atoms with Gasteiger partial charge in [-0.1, -0.05) is 302 Å². The van der Waals surface area contributed by atoms with E-state index < -0.39 is 6.10 Å². The van der Waals surface area contributed by atoms with Crippen LogP contribution in [0.1, 0.15) is 341 Å². The van der Waals surface area contributed by atoms with Gasteiger partial charge in [-0.2, -0.15) is 0 Å². The predicted octanol–water partition coefficient (Wildman–Crippen LogP) is 19.9. The van der Waals surface area contributed by atoms with E-state index in [1.807, 2.05) is 0 Å². The lowest BCUT2D eigenvalue weighted by atomic mass is 10.0. The minimum absolute atomic E-state index is 0.0570. The van der Waals surface area contributed by atoms with Crippen LogP contribution in [-0.4, -0.2) is 36.4 Å². The first-order valence-electron chi connectivity index (χ1n) is 29.7. The van der Waals surface area contributed by atoms with E-state index in [9.17, 15) is 14.7 Å². The topological polar surface area (TPSA) is 72.8 Å². The summed E-state index contributed by atoms with van der Waals surface area (Å²) in [4.78, 5) is 24.5. The summed E-state index contributed by atoms with van der Waals surface area (Å²) in [6.45, 7) is 4.19. The number of hydrogen-bond donors (Lipinski definition) is 1. The molecule has 0 aromatic rings. The summed E-state index contributed by atoms with van der Waals surface area (Å²) in [5.41, 5.74) is 0. The first kappa shape index (κ1) is 63.6. The van der Waals surface area contributed by atoms with Crippen LogP contribution in [0.25, 0.3) is 0 Å². The molecule has 65 heavy (non-hydrogen) atoms. The van der Waals surface area contributed by atoms with Gasteiger partial charge in [0.2, 0.25) is 0 Å². The van der Waals surface area contributed by atoms with Crippen LogP contribution >= 0.6 is 0 Å². The molecule has 386 valence electrons. The second-order valence-electron chi connectivity index (χ2n) is 20.4. The first-order chi connectivity index (χ1) is 32.1. The van der Waals surface area contributed by atoms with E-state index in [0.717, 1.165) is 32.1 Å². The van der Waals surface area contributed by atoms with Crippen molar-refractivity contribution < 1.29 is 24.2 Å². The molecule has 0 aliphatic heterocycles. The Hall–Kier alpha value is -1.36. The fraction of sp³-hybridized carbons (Fsp3) is 0.933. The highest BCUT2D eigenvalue weighted by Gasteiger charge is 2.16. The number of aliphatic hydroxyl groups excluding tert-OH is 1. The third-order valence-electron chi connectivity index (χ3n) is 13.8. The van der Waals surface area contributed by atoms with Crippen molar-refractivity contribution in [3.8, 4) is 0 Å². The molecule has 5 heteroatoms. The normalized spacial score (nSPS) is 12.1. The number of allylic oxidation sites excluding steroid dienone is 2. The summed E-state index contributed by atoms with van der Waals surface area (Å²) in [5, 5.41) is 9.64. The second-order valence-corrected chi connectivity index (χ2v) is 20.4. The predicted molar refractivity (Wildman–Crippen MR) is 284 cm³/mol. The number of hydrogen-bond acceptors (Lipinski definition) is 5. The fourth-order valence-electron chi connectivity index (χ4n) is 9.32. The molecule has 1 atom stereocenters. The third kappa shape index (κ3) is 55.1. The van der Waals surface area contributed by atoms with Crippen LogP contribution < -0.4 is 0 Å². The van der Waals surface area contributed by atoms with Crippen LogP contribution in [0.4, 0.5) is 0 Å². The Labute approximate surface area is 407 Å². The Balaban J connectivity index is 3.36. The fourth-order valence-corrected chi connectivity index (χ4v) is 9.32. The van der Waals surface area contributed by atoms with Gasteiger partial charge in [0.05, 0.1) is 6.61 Å². The van der Waals surface area contributed by atoms with Crippen molar-refractivity contribution in [2.75, 3.05) is 13.2 Å². The van der Waals surface area contributed by atoms with Gasteiger partial charge >= 0.3 is 11.9 Å². The molecule has 0 saturated carbocycles. The maximum absolute atomic E-state index is 12.3. The molecule has 0 aliphatic carbocycles. The van der Waals surface area contributed by atoms with Gasteiger partial charge < -0.3 is 14.6 Å². The van der Waals surface area contributed by atoms with Gasteiger partial charge in [-0.05, 0) is 38.5 Å². The van der Waals surface area contributed by atoms with Gasteiger partial charge in [-0.25, -0.2) is 0 Å². The van der Waals surface area contributed by atoms with E-state index in [1.165, 1.54) is 283 Å². The zero-order valence-corrected chi connectivity index (χ0v) is 44.3. The second kappa shape index (κ2) is 57.0. The molecule has 0 aromatic carbocycles. The zero-order chi connectivity index (χ0) is 47.0. The number of aliphatic hydroxyl groups is 1. The molecular formula is C60H116O5. The Morgan fingerprint density at radius 1 is 0.338 bits per heavy atom. The number of carbonyl (C=O) groups is 2. The Kier molecular flexibility index (Phi) is 55.8. The molecule has 1 unspecified atom stereocenters. The van der Waals surface area contributed by atoms with Crippen molar-refractivity contribution >= 4 is 11.9 Å². The molecule has 0 aromatic heterocycles. The van der Waals surface area contributed by atoms with Crippen molar-refractivity contribution in [1.29, 1.82) is 0 Å². The summed E-state index contributed by atoms with van der Waals surface area (Å²) < 4.78 is 10.7. The van der Waals surface area contributed by atoms with Crippen LogP contribution in [0.3, 0.4) is 0 Å². The lowest BCUT2D eigenvalue weighted by Gasteiger charge is -2.15. The minimum atomic E-state index is -0.765. The summed E-state index contributed by atoms with van der Waals surface area (Å²) in [5.74, 6) is -0.567. The molecule has 0 radical (unpaired) electrons. The van der Waals surface area contributed by atoms with Crippen LogP contribution in [0.15, 0.2) is 12.2 Å². The molecule has 0 rings (SSSR count). The average Bonchev–Trinajstić information content (AvgIpc) is 3.31. The maximum Gasteiger partial charge on any atom is 0.306 e. The van der Waals surface area contributed by atoms with Crippen molar-refractivity contribution in [3.05, 3.63) is 12.2 Å². The molecule has 0 fully saturated rings. The molecule has 0 saturated heterocycles. The molecule has 0 spiro atoms. The lowest BCUT2D eigenvalue weighted by Crippen LogP contribution is -2.28. The van der Waals surface area contributed by atoms with Crippen molar-refractivity contribution in [2.45, 2.75) is 347 Å². The van der Waals surface area contributed by atoms with Crippen LogP contribution in [0.5, 0.6) is 0 Å². The number of esters is 2. The van der Waals surface area contributed by atoms with E-state index in [1.54, 1.807) is 0 Å². The minimum Gasteiger partial charge on any atom is -0.462 e. The molecule has 0 aliphatic rings. The quantitative estimate of drug-likeness (QED) is 0.0374. The number of ether oxygens (including phenoxy) is 2. The zero-order valence-electron chi connectivity index (χ0n) is 44.3.